The van der Waals surface area contributed by atoms with E-state index < -0.39 is 10.0 Å². The molecule has 0 unspecified atom stereocenters. The third-order valence-electron chi connectivity index (χ3n) is 4.50. The van der Waals surface area contributed by atoms with Crippen molar-refractivity contribution in [3.8, 4) is 0 Å². The second-order valence-electron chi connectivity index (χ2n) is 5.81. The minimum absolute atomic E-state index is 0.331. The summed E-state index contributed by atoms with van der Waals surface area (Å²) in [4.78, 5) is 1.35. The third kappa shape index (κ3) is 4.06. The molecule has 2 N–H and O–H groups in total. The molecule has 0 bridgehead atoms. The van der Waals surface area contributed by atoms with Crippen LogP contribution in [0.25, 0.3) is 0 Å². The fourth-order valence-corrected chi connectivity index (χ4v) is 5.54. The largest absolute Gasteiger partial charge is 0.309 e. The van der Waals surface area contributed by atoms with Gasteiger partial charge in [-0.1, -0.05) is 20.8 Å². The van der Waals surface area contributed by atoms with Crippen LogP contribution in [-0.4, -0.2) is 20.0 Å². The average molecular weight is 331 g/mol. The minimum atomic E-state index is -3.45. The predicted molar refractivity (Wildman–Crippen MR) is 88.1 cm³/mol. The third-order valence-corrected chi connectivity index (χ3v) is 7.22. The van der Waals surface area contributed by atoms with E-state index in [4.69, 9.17) is 0 Å². The van der Waals surface area contributed by atoms with E-state index in [9.17, 15) is 8.42 Å². The van der Waals surface area contributed by atoms with Crippen LogP contribution in [0.15, 0.2) is 16.3 Å². The molecule has 1 heterocycles. The van der Waals surface area contributed by atoms with Gasteiger partial charge in [-0.25, -0.2) is 13.1 Å². The molecule has 4 nitrogen and oxygen atoms in total. The number of thiophene rings is 1. The van der Waals surface area contributed by atoms with E-state index in [2.05, 4.69) is 10.0 Å². The Morgan fingerprint density at radius 2 is 1.86 bits per heavy atom. The Balaban J connectivity index is 2.16. The quantitative estimate of drug-likeness (QED) is 0.731. The maximum Gasteiger partial charge on any atom is 0.242 e. The summed E-state index contributed by atoms with van der Waals surface area (Å²) in [6.07, 6.45) is 4.82. The predicted octanol–water partition coefficient (Wildman–Crippen LogP) is 3.25. The summed E-state index contributed by atoms with van der Waals surface area (Å²) in [5.74, 6) is 0. The zero-order chi connectivity index (χ0) is 15.5. The zero-order valence-electron chi connectivity index (χ0n) is 13.1. The van der Waals surface area contributed by atoms with Crippen molar-refractivity contribution in [2.24, 2.45) is 0 Å². The number of sulfonamides is 1. The van der Waals surface area contributed by atoms with Gasteiger partial charge in [0.05, 0.1) is 4.90 Å². The van der Waals surface area contributed by atoms with Crippen LogP contribution in [0, 0.1) is 0 Å². The second kappa shape index (κ2) is 6.77. The van der Waals surface area contributed by atoms with Crippen molar-refractivity contribution < 1.29 is 8.42 Å². The number of hydrogen-bond acceptors (Lipinski definition) is 4. The van der Waals surface area contributed by atoms with Gasteiger partial charge >= 0.3 is 0 Å². The van der Waals surface area contributed by atoms with E-state index in [0.29, 0.717) is 17.5 Å². The molecule has 1 fully saturated rings. The molecule has 0 aliphatic heterocycles. The van der Waals surface area contributed by atoms with E-state index in [0.717, 1.165) is 24.1 Å². The van der Waals surface area contributed by atoms with E-state index in [1.54, 1.807) is 6.07 Å². The van der Waals surface area contributed by atoms with Crippen LogP contribution >= 0.6 is 11.3 Å². The van der Waals surface area contributed by atoms with Gasteiger partial charge < -0.3 is 5.32 Å². The zero-order valence-corrected chi connectivity index (χ0v) is 14.7. The molecule has 1 saturated carbocycles. The fraction of sp³-hybridized carbons (Fsp3) is 0.733. The summed E-state index contributed by atoms with van der Waals surface area (Å²) in [6, 6.07) is 2.31. The van der Waals surface area contributed by atoms with Crippen LogP contribution in [0.5, 0.6) is 0 Å². The SMILES string of the molecule is CCC(CC)(CC)NS(=O)(=O)c1ccsc1CNC1CC1. The van der Waals surface area contributed by atoms with Crippen molar-refractivity contribution in [2.75, 3.05) is 0 Å². The van der Waals surface area contributed by atoms with Gasteiger partial charge in [0.25, 0.3) is 0 Å². The van der Waals surface area contributed by atoms with Gasteiger partial charge in [0.15, 0.2) is 0 Å². The molecule has 120 valence electrons. The van der Waals surface area contributed by atoms with E-state index in [1.807, 2.05) is 26.2 Å². The first-order chi connectivity index (χ1) is 9.96. The first-order valence-electron chi connectivity index (χ1n) is 7.80. The standard InChI is InChI=1S/C15H26N2O2S2/c1-4-15(5-2,6-3)17-21(18,19)14-9-10-20-13(14)11-16-12-7-8-12/h9-10,12,16-17H,4-8,11H2,1-3H3. The summed E-state index contributed by atoms with van der Waals surface area (Å²) in [7, 11) is -3.45. The van der Waals surface area contributed by atoms with Crippen molar-refractivity contribution in [1.29, 1.82) is 0 Å². The molecule has 1 aromatic rings. The lowest BCUT2D eigenvalue weighted by molar-refractivity contribution is 0.341. The second-order valence-corrected chi connectivity index (χ2v) is 8.46. The number of nitrogens with one attached hydrogen (secondary N) is 2. The van der Waals surface area contributed by atoms with Gasteiger partial charge in [-0.2, -0.15) is 0 Å². The van der Waals surface area contributed by atoms with Crippen LogP contribution in [0.2, 0.25) is 0 Å². The van der Waals surface area contributed by atoms with Crippen LogP contribution < -0.4 is 10.0 Å². The van der Waals surface area contributed by atoms with Gasteiger partial charge in [-0.05, 0) is 43.6 Å². The Hall–Kier alpha value is -0.430. The van der Waals surface area contributed by atoms with Crippen molar-refractivity contribution in [1.82, 2.24) is 10.0 Å². The summed E-state index contributed by atoms with van der Waals surface area (Å²) < 4.78 is 28.4. The molecule has 21 heavy (non-hydrogen) atoms. The van der Waals surface area contributed by atoms with Crippen LogP contribution in [-0.2, 0) is 16.6 Å². The van der Waals surface area contributed by atoms with Gasteiger partial charge in [-0.3, -0.25) is 0 Å². The highest BCUT2D eigenvalue weighted by atomic mass is 32.2. The number of rotatable bonds is 9. The minimum Gasteiger partial charge on any atom is -0.309 e. The molecule has 1 aromatic heterocycles. The van der Waals surface area contributed by atoms with E-state index in [1.165, 1.54) is 24.2 Å². The van der Waals surface area contributed by atoms with Crippen molar-refractivity contribution in [3.63, 3.8) is 0 Å². The topological polar surface area (TPSA) is 58.2 Å². The van der Waals surface area contributed by atoms with Gasteiger partial charge in [-0.15, -0.1) is 11.3 Å². The fourth-order valence-electron chi connectivity index (χ4n) is 2.53. The Bertz CT molecular complexity index is 550. The first kappa shape index (κ1) is 16.9. The lowest BCUT2D eigenvalue weighted by Crippen LogP contribution is -2.47. The molecule has 1 aliphatic rings. The van der Waals surface area contributed by atoms with Gasteiger partial charge in [0.1, 0.15) is 0 Å². The van der Waals surface area contributed by atoms with Crippen LogP contribution in [0.4, 0.5) is 0 Å². The molecule has 0 amide bonds. The summed E-state index contributed by atoms with van der Waals surface area (Å²) >= 11 is 1.51. The maximum atomic E-state index is 12.7. The Morgan fingerprint density at radius 3 is 2.38 bits per heavy atom. The molecule has 1 aliphatic carbocycles. The normalized spacial score (nSPS) is 16.3. The van der Waals surface area contributed by atoms with Crippen LogP contribution in [0.1, 0.15) is 57.8 Å². The summed E-state index contributed by atoms with van der Waals surface area (Å²) in [6.45, 7) is 6.77. The molecular weight excluding hydrogens is 304 g/mol. The highest BCUT2D eigenvalue weighted by Gasteiger charge is 2.32. The highest BCUT2D eigenvalue weighted by Crippen LogP contribution is 2.28. The molecule has 0 saturated heterocycles. The lowest BCUT2D eigenvalue weighted by atomic mass is 9.91. The maximum absolute atomic E-state index is 12.7. The molecule has 6 heteroatoms. The number of hydrogen-bond donors (Lipinski definition) is 2. The smallest absolute Gasteiger partial charge is 0.242 e. The molecular formula is C15H26N2O2S2. The van der Waals surface area contributed by atoms with E-state index in [-0.39, 0.29) is 5.54 Å². The highest BCUT2D eigenvalue weighted by molar-refractivity contribution is 7.89. The molecule has 2 rings (SSSR count). The monoisotopic (exact) mass is 330 g/mol. The van der Waals surface area contributed by atoms with Gasteiger partial charge in [0.2, 0.25) is 10.0 Å². The summed E-state index contributed by atoms with van der Waals surface area (Å²) in [5, 5.41) is 5.26. The van der Waals surface area contributed by atoms with Crippen molar-refractivity contribution in [3.05, 3.63) is 16.3 Å². The molecule has 0 spiro atoms. The van der Waals surface area contributed by atoms with E-state index >= 15 is 0 Å². The average Bonchev–Trinajstić information content (AvgIpc) is 3.18. The van der Waals surface area contributed by atoms with Crippen LogP contribution in [0.3, 0.4) is 0 Å². The Morgan fingerprint density at radius 1 is 1.24 bits per heavy atom. The molecule has 0 aromatic carbocycles. The molecule has 0 atom stereocenters. The van der Waals surface area contributed by atoms with Gasteiger partial charge in [0, 0.05) is 23.0 Å². The summed E-state index contributed by atoms with van der Waals surface area (Å²) in [5.41, 5.74) is -0.331. The van der Waals surface area contributed by atoms with Crippen molar-refractivity contribution >= 4 is 21.4 Å². The Kier molecular flexibility index (Phi) is 5.46. The Labute approximate surface area is 132 Å². The van der Waals surface area contributed by atoms with Crippen molar-refractivity contribution in [2.45, 2.75) is 75.9 Å². The first-order valence-corrected chi connectivity index (χ1v) is 10.2. The lowest BCUT2D eigenvalue weighted by Gasteiger charge is -2.31. The molecule has 0 radical (unpaired) electrons.